The Bertz CT molecular complexity index is 455. The number of aliphatic hydroxyl groups excluding tert-OH is 1. The number of hydrogen-bond donors (Lipinski definition) is 1. The molecule has 0 aliphatic rings. The van der Waals surface area contributed by atoms with E-state index in [1.807, 2.05) is 36.4 Å². The van der Waals surface area contributed by atoms with Crippen molar-refractivity contribution in [2.24, 2.45) is 0 Å². The first-order valence-corrected chi connectivity index (χ1v) is 7.09. The predicted octanol–water partition coefficient (Wildman–Crippen LogP) is 4.29. The van der Waals surface area contributed by atoms with Gasteiger partial charge in [-0.1, -0.05) is 76.6 Å². The number of alkyl halides is 1. The van der Waals surface area contributed by atoms with Crippen LogP contribution in [0.4, 0.5) is 0 Å². The molecule has 0 bridgehead atoms. The second-order valence-electron chi connectivity index (χ2n) is 4.34. The molecule has 94 valence electrons. The number of halogens is 1. The van der Waals surface area contributed by atoms with Gasteiger partial charge in [0.25, 0.3) is 0 Å². The van der Waals surface area contributed by atoms with Crippen LogP contribution in [-0.2, 0) is 0 Å². The highest BCUT2D eigenvalue weighted by Crippen LogP contribution is 2.39. The molecule has 1 nitrogen and oxygen atoms in total. The smallest absolute Gasteiger partial charge is 0.0464 e. The third-order valence-corrected chi connectivity index (χ3v) is 4.31. The summed E-state index contributed by atoms with van der Waals surface area (Å²) in [6.07, 6.45) is 0.759. The minimum Gasteiger partial charge on any atom is -0.396 e. The van der Waals surface area contributed by atoms with Crippen LogP contribution in [0.25, 0.3) is 0 Å². The molecule has 0 aliphatic heterocycles. The molecule has 2 atom stereocenters. The van der Waals surface area contributed by atoms with E-state index in [-0.39, 0.29) is 11.4 Å². The Hall–Kier alpha value is -1.12. The number of aliphatic hydroxyl groups is 1. The summed E-state index contributed by atoms with van der Waals surface area (Å²) >= 11 is 3.78. The van der Waals surface area contributed by atoms with Crippen molar-refractivity contribution < 1.29 is 5.11 Å². The normalized spacial score (nSPS) is 14.1. The topological polar surface area (TPSA) is 20.2 Å². The molecule has 0 aliphatic carbocycles. The van der Waals surface area contributed by atoms with Gasteiger partial charge in [-0.3, -0.25) is 0 Å². The molecule has 2 unspecified atom stereocenters. The van der Waals surface area contributed by atoms with E-state index < -0.39 is 0 Å². The minimum absolute atomic E-state index is 0.203. The molecule has 0 spiro atoms. The zero-order valence-corrected chi connectivity index (χ0v) is 11.8. The molecule has 2 rings (SSSR count). The van der Waals surface area contributed by atoms with Crippen molar-refractivity contribution in [3.8, 4) is 0 Å². The van der Waals surface area contributed by atoms with Crippen LogP contribution in [0, 0.1) is 0 Å². The lowest BCUT2D eigenvalue weighted by atomic mass is 9.89. The summed E-state index contributed by atoms with van der Waals surface area (Å²) in [4.78, 5) is 0.230. The van der Waals surface area contributed by atoms with Gasteiger partial charge in [0, 0.05) is 17.4 Å². The summed E-state index contributed by atoms with van der Waals surface area (Å²) in [7, 11) is 0. The first-order chi connectivity index (χ1) is 8.83. The molecule has 2 aromatic rings. The first kappa shape index (κ1) is 13.3. The molecule has 0 heterocycles. The molecule has 18 heavy (non-hydrogen) atoms. The van der Waals surface area contributed by atoms with Crippen LogP contribution in [0.2, 0.25) is 0 Å². The van der Waals surface area contributed by atoms with Gasteiger partial charge in [0.15, 0.2) is 0 Å². The molecule has 0 fully saturated rings. The third-order valence-electron chi connectivity index (χ3n) is 3.14. The fraction of sp³-hybridized carbons (Fsp3) is 0.250. The Morgan fingerprint density at radius 3 is 1.83 bits per heavy atom. The molecule has 0 amide bonds. The quantitative estimate of drug-likeness (QED) is 0.817. The van der Waals surface area contributed by atoms with Crippen LogP contribution in [-0.4, -0.2) is 11.7 Å². The van der Waals surface area contributed by atoms with E-state index in [4.69, 9.17) is 0 Å². The third kappa shape index (κ3) is 3.21. The largest absolute Gasteiger partial charge is 0.396 e. The van der Waals surface area contributed by atoms with Crippen LogP contribution in [0.5, 0.6) is 0 Å². The maximum absolute atomic E-state index is 9.27. The highest BCUT2D eigenvalue weighted by molar-refractivity contribution is 9.09. The SMILES string of the molecule is OCCC(c1ccccc1)C(Br)c1ccccc1. The van der Waals surface area contributed by atoms with Gasteiger partial charge < -0.3 is 5.11 Å². The first-order valence-electron chi connectivity index (χ1n) is 6.17. The fourth-order valence-electron chi connectivity index (χ4n) is 2.19. The second-order valence-corrected chi connectivity index (χ2v) is 5.33. The number of benzene rings is 2. The van der Waals surface area contributed by atoms with Gasteiger partial charge in [-0.25, -0.2) is 0 Å². The highest BCUT2D eigenvalue weighted by Gasteiger charge is 2.21. The van der Waals surface area contributed by atoms with Gasteiger partial charge in [-0.15, -0.1) is 0 Å². The van der Waals surface area contributed by atoms with E-state index in [1.54, 1.807) is 0 Å². The Labute approximate surface area is 117 Å². The lowest BCUT2D eigenvalue weighted by molar-refractivity contribution is 0.275. The van der Waals surface area contributed by atoms with E-state index >= 15 is 0 Å². The molecular weight excluding hydrogens is 288 g/mol. The standard InChI is InChI=1S/C16H17BrO/c17-16(14-9-5-2-6-10-14)15(11-12-18)13-7-3-1-4-8-13/h1-10,15-16,18H,11-12H2. The van der Waals surface area contributed by atoms with Crippen LogP contribution in [0.3, 0.4) is 0 Å². The Kier molecular flexibility index (Phi) is 4.97. The van der Waals surface area contributed by atoms with Crippen molar-refractivity contribution in [1.29, 1.82) is 0 Å². The Morgan fingerprint density at radius 2 is 1.33 bits per heavy atom. The fourth-order valence-corrected chi connectivity index (χ4v) is 3.07. The van der Waals surface area contributed by atoms with Gasteiger partial charge >= 0.3 is 0 Å². The summed E-state index contributed by atoms with van der Waals surface area (Å²) in [5.41, 5.74) is 2.51. The van der Waals surface area contributed by atoms with Crippen molar-refractivity contribution in [2.75, 3.05) is 6.61 Å². The average molecular weight is 305 g/mol. The molecule has 2 aromatic carbocycles. The summed E-state index contributed by atoms with van der Waals surface area (Å²) in [5, 5.41) is 9.27. The summed E-state index contributed by atoms with van der Waals surface area (Å²) in [5.74, 6) is 0.290. The van der Waals surface area contributed by atoms with Gasteiger partial charge in [0.1, 0.15) is 0 Å². The second kappa shape index (κ2) is 6.72. The van der Waals surface area contributed by atoms with Gasteiger partial charge in [0.2, 0.25) is 0 Å². The van der Waals surface area contributed by atoms with Gasteiger partial charge in [-0.2, -0.15) is 0 Å². The number of hydrogen-bond acceptors (Lipinski definition) is 1. The lowest BCUT2D eigenvalue weighted by Crippen LogP contribution is -2.08. The Morgan fingerprint density at radius 1 is 0.833 bits per heavy atom. The minimum atomic E-state index is 0.203. The van der Waals surface area contributed by atoms with E-state index in [0.29, 0.717) is 5.92 Å². The summed E-state index contributed by atoms with van der Waals surface area (Å²) < 4.78 is 0. The van der Waals surface area contributed by atoms with E-state index in [9.17, 15) is 5.11 Å². The van der Waals surface area contributed by atoms with E-state index in [0.717, 1.165) is 6.42 Å². The van der Waals surface area contributed by atoms with Crippen LogP contribution in [0.1, 0.15) is 28.3 Å². The van der Waals surface area contributed by atoms with Crippen molar-refractivity contribution in [2.45, 2.75) is 17.2 Å². The molecule has 0 radical (unpaired) electrons. The Balaban J connectivity index is 2.26. The summed E-state index contributed by atoms with van der Waals surface area (Å²) in [6.45, 7) is 0.203. The zero-order chi connectivity index (χ0) is 12.8. The van der Waals surface area contributed by atoms with Gasteiger partial charge in [-0.05, 0) is 17.5 Å². The summed E-state index contributed by atoms with van der Waals surface area (Å²) in [6, 6.07) is 20.7. The van der Waals surface area contributed by atoms with Crippen molar-refractivity contribution in [3.05, 3.63) is 71.8 Å². The lowest BCUT2D eigenvalue weighted by Gasteiger charge is -2.22. The molecule has 1 N–H and O–H groups in total. The predicted molar refractivity (Wildman–Crippen MR) is 79.0 cm³/mol. The monoisotopic (exact) mass is 304 g/mol. The van der Waals surface area contributed by atoms with Crippen molar-refractivity contribution >= 4 is 15.9 Å². The van der Waals surface area contributed by atoms with E-state index in [2.05, 4.69) is 40.2 Å². The van der Waals surface area contributed by atoms with Crippen molar-refractivity contribution in [3.63, 3.8) is 0 Å². The van der Waals surface area contributed by atoms with Crippen LogP contribution >= 0.6 is 15.9 Å². The highest BCUT2D eigenvalue weighted by atomic mass is 79.9. The molecule has 0 saturated carbocycles. The van der Waals surface area contributed by atoms with Gasteiger partial charge in [0.05, 0.1) is 0 Å². The van der Waals surface area contributed by atoms with Crippen LogP contribution in [0.15, 0.2) is 60.7 Å². The maximum Gasteiger partial charge on any atom is 0.0464 e. The molecular formula is C16H17BrO. The van der Waals surface area contributed by atoms with E-state index in [1.165, 1.54) is 11.1 Å². The van der Waals surface area contributed by atoms with Crippen molar-refractivity contribution in [1.82, 2.24) is 0 Å². The molecule has 0 saturated heterocycles. The van der Waals surface area contributed by atoms with Crippen LogP contribution < -0.4 is 0 Å². The average Bonchev–Trinajstić information content (AvgIpc) is 2.46. The molecule has 2 heteroatoms. The maximum atomic E-state index is 9.27. The number of rotatable bonds is 5. The molecule has 0 aromatic heterocycles. The zero-order valence-electron chi connectivity index (χ0n) is 10.2.